The van der Waals surface area contributed by atoms with Gasteiger partial charge in [0.15, 0.2) is 0 Å². The fourth-order valence-corrected chi connectivity index (χ4v) is 3.24. The number of methoxy groups -OCH3 is 1. The minimum atomic E-state index is 0.217. The van der Waals surface area contributed by atoms with Gasteiger partial charge in [0.25, 0.3) is 0 Å². The SMILES string of the molecule is COc1ccc(C(Br)c2ccc(SC)cc2)c(C)c1. The van der Waals surface area contributed by atoms with Crippen LogP contribution in [0.25, 0.3) is 0 Å². The molecule has 19 heavy (non-hydrogen) atoms. The van der Waals surface area contributed by atoms with E-state index in [9.17, 15) is 0 Å². The largest absolute Gasteiger partial charge is 0.497 e. The van der Waals surface area contributed by atoms with Gasteiger partial charge >= 0.3 is 0 Å². The van der Waals surface area contributed by atoms with Crippen LogP contribution in [0.1, 0.15) is 21.5 Å². The van der Waals surface area contributed by atoms with Gasteiger partial charge in [0.2, 0.25) is 0 Å². The number of rotatable bonds is 4. The number of halogens is 1. The van der Waals surface area contributed by atoms with Crippen LogP contribution in [0, 0.1) is 6.92 Å². The number of aryl methyl sites for hydroxylation is 1. The van der Waals surface area contributed by atoms with Gasteiger partial charge in [0, 0.05) is 4.90 Å². The number of hydrogen-bond acceptors (Lipinski definition) is 2. The molecule has 0 aliphatic heterocycles. The average molecular weight is 337 g/mol. The maximum Gasteiger partial charge on any atom is 0.119 e. The van der Waals surface area contributed by atoms with Gasteiger partial charge in [-0.05, 0) is 54.1 Å². The molecular weight excluding hydrogens is 320 g/mol. The molecule has 0 spiro atoms. The van der Waals surface area contributed by atoms with Gasteiger partial charge in [-0.25, -0.2) is 0 Å². The summed E-state index contributed by atoms with van der Waals surface area (Å²) in [6.45, 7) is 2.11. The van der Waals surface area contributed by atoms with E-state index in [1.807, 2.05) is 6.07 Å². The van der Waals surface area contributed by atoms with Crippen molar-refractivity contribution in [1.82, 2.24) is 0 Å². The van der Waals surface area contributed by atoms with Gasteiger partial charge in [-0.2, -0.15) is 0 Å². The van der Waals surface area contributed by atoms with Crippen molar-refractivity contribution >= 4 is 27.7 Å². The van der Waals surface area contributed by atoms with Gasteiger partial charge < -0.3 is 4.74 Å². The molecule has 0 radical (unpaired) electrons. The summed E-state index contributed by atoms with van der Waals surface area (Å²) in [4.78, 5) is 1.50. The third-order valence-corrected chi connectivity index (χ3v) is 4.92. The van der Waals surface area contributed by atoms with Crippen LogP contribution in [-0.2, 0) is 0 Å². The smallest absolute Gasteiger partial charge is 0.119 e. The van der Waals surface area contributed by atoms with Crippen molar-refractivity contribution < 1.29 is 4.74 Å². The fraction of sp³-hybridized carbons (Fsp3) is 0.250. The highest BCUT2D eigenvalue weighted by Crippen LogP contribution is 2.34. The standard InChI is InChI=1S/C16H17BrOS/c1-11-10-13(18-2)6-9-15(11)16(17)12-4-7-14(19-3)8-5-12/h4-10,16H,1-3H3. The molecule has 0 saturated carbocycles. The summed E-state index contributed by atoms with van der Waals surface area (Å²) < 4.78 is 5.25. The molecule has 0 amide bonds. The van der Waals surface area contributed by atoms with E-state index in [0.717, 1.165) is 5.75 Å². The maximum absolute atomic E-state index is 5.25. The van der Waals surface area contributed by atoms with Crippen LogP contribution in [0.5, 0.6) is 5.75 Å². The van der Waals surface area contributed by atoms with E-state index in [1.165, 1.54) is 21.6 Å². The maximum atomic E-state index is 5.25. The van der Waals surface area contributed by atoms with Crippen molar-refractivity contribution in [1.29, 1.82) is 0 Å². The first-order valence-corrected chi connectivity index (χ1v) is 8.22. The van der Waals surface area contributed by atoms with E-state index in [0.29, 0.717) is 0 Å². The molecular formula is C16H17BrOS. The molecule has 0 aliphatic carbocycles. The number of ether oxygens (including phenoxy) is 1. The monoisotopic (exact) mass is 336 g/mol. The highest BCUT2D eigenvalue weighted by molar-refractivity contribution is 9.09. The van der Waals surface area contributed by atoms with Crippen LogP contribution >= 0.6 is 27.7 Å². The first-order valence-electron chi connectivity index (χ1n) is 6.08. The Labute approximate surface area is 127 Å². The number of hydrogen-bond donors (Lipinski definition) is 0. The molecule has 0 saturated heterocycles. The van der Waals surface area contributed by atoms with E-state index in [1.54, 1.807) is 18.9 Å². The molecule has 0 aliphatic rings. The fourth-order valence-electron chi connectivity index (χ4n) is 2.01. The number of alkyl halides is 1. The summed E-state index contributed by atoms with van der Waals surface area (Å²) in [6, 6.07) is 14.9. The number of benzene rings is 2. The first kappa shape index (κ1) is 14.5. The van der Waals surface area contributed by atoms with Gasteiger partial charge in [0.05, 0.1) is 11.9 Å². The molecule has 0 heterocycles. The lowest BCUT2D eigenvalue weighted by Crippen LogP contribution is -1.96. The highest BCUT2D eigenvalue weighted by atomic mass is 79.9. The predicted octanol–water partition coefficient (Wildman–Crippen LogP) is 5.21. The van der Waals surface area contributed by atoms with Crippen molar-refractivity contribution in [3.05, 3.63) is 59.2 Å². The summed E-state index contributed by atoms with van der Waals surface area (Å²) >= 11 is 5.55. The lowest BCUT2D eigenvalue weighted by atomic mass is 10.0. The van der Waals surface area contributed by atoms with Gasteiger partial charge in [-0.1, -0.05) is 34.1 Å². The molecule has 2 aromatic rings. The second kappa shape index (κ2) is 6.49. The summed E-state index contributed by atoms with van der Waals surface area (Å²) in [5, 5.41) is 0. The first-order chi connectivity index (χ1) is 9.15. The third kappa shape index (κ3) is 3.34. The quantitative estimate of drug-likeness (QED) is 0.559. The van der Waals surface area contributed by atoms with Crippen molar-refractivity contribution in [2.75, 3.05) is 13.4 Å². The Morgan fingerprint density at radius 1 is 1.11 bits per heavy atom. The summed E-state index contributed by atoms with van der Waals surface area (Å²) in [7, 11) is 1.70. The lowest BCUT2D eigenvalue weighted by Gasteiger charge is -2.15. The Balaban J connectivity index is 2.29. The Hall–Kier alpha value is -0.930. The zero-order valence-electron chi connectivity index (χ0n) is 11.3. The van der Waals surface area contributed by atoms with Crippen molar-refractivity contribution in [2.24, 2.45) is 0 Å². The molecule has 1 nitrogen and oxygen atoms in total. The highest BCUT2D eigenvalue weighted by Gasteiger charge is 2.13. The second-order valence-corrected chi connectivity index (χ2v) is 6.15. The second-order valence-electron chi connectivity index (χ2n) is 4.36. The molecule has 0 fully saturated rings. The van der Waals surface area contributed by atoms with Gasteiger partial charge in [-0.3, -0.25) is 0 Å². The molecule has 1 unspecified atom stereocenters. The number of thioether (sulfide) groups is 1. The van der Waals surface area contributed by atoms with Crippen LogP contribution < -0.4 is 4.74 Å². The van der Waals surface area contributed by atoms with E-state index in [2.05, 4.69) is 65.5 Å². The van der Waals surface area contributed by atoms with Crippen LogP contribution in [0.4, 0.5) is 0 Å². The van der Waals surface area contributed by atoms with E-state index < -0.39 is 0 Å². The topological polar surface area (TPSA) is 9.23 Å². The van der Waals surface area contributed by atoms with Crippen LogP contribution in [0.15, 0.2) is 47.4 Å². The zero-order valence-corrected chi connectivity index (χ0v) is 13.7. The summed E-state index contributed by atoms with van der Waals surface area (Å²) in [5.74, 6) is 0.902. The van der Waals surface area contributed by atoms with Gasteiger partial charge in [-0.15, -0.1) is 11.8 Å². The normalized spacial score (nSPS) is 12.2. The predicted molar refractivity (Wildman–Crippen MR) is 86.7 cm³/mol. The minimum absolute atomic E-state index is 0.217. The van der Waals surface area contributed by atoms with Crippen molar-refractivity contribution in [2.45, 2.75) is 16.6 Å². The summed E-state index contributed by atoms with van der Waals surface area (Å²) in [6.07, 6.45) is 2.09. The van der Waals surface area contributed by atoms with Crippen LogP contribution in [0.2, 0.25) is 0 Å². The molecule has 1 atom stereocenters. The molecule has 0 aromatic heterocycles. The van der Waals surface area contributed by atoms with Crippen molar-refractivity contribution in [3.8, 4) is 5.75 Å². The van der Waals surface area contributed by atoms with Crippen LogP contribution in [-0.4, -0.2) is 13.4 Å². The minimum Gasteiger partial charge on any atom is -0.497 e. The van der Waals surface area contributed by atoms with E-state index in [-0.39, 0.29) is 4.83 Å². The average Bonchev–Trinajstić information content (AvgIpc) is 2.46. The molecule has 0 bridgehead atoms. The Morgan fingerprint density at radius 3 is 2.32 bits per heavy atom. The molecule has 2 aromatic carbocycles. The van der Waals surface area contributed by atoms with E-state index >= 15 is 0 Å². The van der Waals surface area contributed by atoms with E-state index in [4.69, 9.17) is 4.74 Å². The Kier molecular flexibility index (Phi) is 4.94. The van der Waals surface area contributed by atoms with Crippen molar-refractivity contribution in [3.63, 3.8) is 0 Å². The summed E-state index contributed by atoms with van der Waals surface area (Å²) in [5.41, 5.74) is 3.78. The molecule has 0 N–H and O–H groups in total. The molecule has 3 heteroatoms. The Bertz CT molecular complexity index is 551. The Morgan fingerprint density at radius 2 is 1.79 bits per heavy atom. The molecule has 100 valence electrons. The lowest BCUT2D eigenvalue weighted by molar-refractivity contribution is 0.414. The van der Waals surface area contributed by atoms with Gasteiger partial charge in [0.1, 0.15) is 5.75 Å². The van der Waals surface area contributed by atoms with Crippen LogP contribution in [0.3, 0.4) is 0 Å². The zero-order chi connectivity index (χ0) is 13.8. The molecule has 2 rings (SSSR count). The third-order valence-electron chi connectivity index (χ3n) is 3.16.